The Kier molecular flexibility index (Phi) is 3.86. The van der Waals surface area contributed by atoms with E-state index >= 15 is 0 Å². The van der Waals surface area contributed by atoms with E-state index in [-0.39, 0.29) is 5.82 Å². The summed E-state index contributed by atoms with van der Waals surface area (Å²) >= 11 is 3.26. The quantitative estimate of drug-likeness (QED) is 0.671. The normalized spacial score (nSPS) is 11.7. The summed E-state index contributed by atoms with van der Waals surface area (Å²) in [6, 6.07) is 3.24. The zero-order chi connectivity index (χ0) is 11.6. The van der Waals surface area contributed by atoms with Crippen LogP contribution in [0.3, 0.4) is 0 Å². The highest BCUT2D eigenvalue weighted by atomic mass is 79.9. The van der Waals surface area contributed by atoms with E-state index in [0.717, 1.165) is 22.3 Å². The van der Waals surface area contributed by atoms with Crippen LogP contribution in [0.25, 0.3) is 6.08 Å². The number of hydrogen-bond donors (Lipinski definition) is 0. The van der Waals surface area contributed by atoms with Gasteiger partial charge in [0.15, 0.2) is 0 Å². The lowest BCUT2D eigenvalue weighted by Gasteiger charge is -2.07. The number of hydrogen-bond acceptors (Lipinski definition) is 0. The zero-order valence-corrected chi connectivity index (χ0v) is 10.8. The summed E-state index contributed by atoms with van der Waals surface area (Å²) in [6.07, 6.45) is 1.95. The third kappa shape index (κ3) is 2.78. The SMILES string of the molecule is C=C(C)/C(C)=C/c1c(C)ccc(F)c1Br. The van der Waals surface area contributed by atoms with Gasteiger partial charge in [0.25, 0.3) is 0 Å². The summed E-state index contributed by atoms with van der Waals surface area (Å²) in [7, 11) is 0. The Morgan fingerprint density at radius 1 is 1.40 bits per heavy atom. The molecule has 15 heavy (non-hydrogen) atoms. The van der Waals surface area contributed by atoms with Gasteiger partial charge in [-0.2, -0.15) is 0 Å². The highest BCUT2D eigenvalue weighted by Gasteiger charge is 2.06. The summed E-state index contributed by atoms with van der Waals surface area (Å²) in [6.45, 7) is 9.73. The lowest BCUT2D eigenvalue weighted by atomic mass is 10.0. The van der Waals surface area contributed by atoms with Crippen LogP contribution in [0.15, 0.2) is 34.3 Å². The Bertz CT molecular complexity index is 430. The Morgan fingerprint density at radius 2 is 2.00 bits per heavy atom. The first-order valence-corrected chi connectivity index (χ1v) is 5.51. The molecular formula is C13H14BrF. The molecule has 0 saturated carbocycles. The monoisotopic (exact) mass is 268 g/mol. The Hall–Kier alpha value is -0.890. The fraction of sp³-hybridized carbons (Fsp3) is 0.231. The van der Waals surface area contributed by atoms with Crippen LogP contribution in [0.4, 0.5) is 4.39 Å². The van der Waals surface area contributed by atoms with Gasteiger partial charge in [-0.3, -0.25) is 0 Å². The second-order valence-electron chi connectivity index (χ2n) is 3.70. The van der Waals surface area contributed by atoms with Crippen molar-refractivity contribution in [3.8, 4) is 0 Å². The van der Waals surface area contributed by atoms with E-state index in [9.17, 15) is 4.39 Å². The number of benzene rings is 1. The van der Waals surface area contributed by atoms with Gasteiger partial charge in [0, 0.05) is 0 Å². The first kappa shape index (κ1) is 12.2. The Balaban J connectivity index is 3.32. The molecule has 0 saturated heterocycles. The van der Waals surface area contributed by atoms with Crippen LogP contribution >= 0.6 is 15.9 Å². The molecule has 0 amide bonds. The zero-order valence-electron chi connectivity index (χ0n) is 9.20. The van der Waals surface area contributed by atoms with E-state index in [2.05, 4.69) is 22.5 Å². The molecule has 1 rings (SSSR count). The molecule has 0 unspecified atom stereocenters. The van der Waals surface area contributed by atoms with Gasteiger partial charge >= 0.3 is 0 Å². The average molecular weight is 269 g/mol. The first-order chi connectivity index (χ1) is 6.93. The van der Waals surface area contributed by atoms with Crippen LogP contribution in [0, 0.1) is 12.7 Å². The van der Waals surface area contributed by atoms with Gasteiger partial charge in [-0.05, 0) is 59.5 Å². The maximum atomic E-state index is 13.3. The molecular weight excluding hydrogens is 255 g/mol. The van der Waals surface area contributed by atoms with Crippen molar-refractivity contribution in [2.24, 2.45) is 0 Å². The molecule has 0 fully saturated rings. The third-order valence-electron chi connectivity index (χ3n) is 2.38. The van der Waals surface area contributed by atoms with Gasteiger partial charge in [0.2, 0.25) is 0 Å². The molecule has 0 aliphatic carbocycles. The van der Waals surface area contributed by atoms with Crippen LogP contribution in [-0.2, 0) is 0 Å². The van der Waals surface area contributed by atoms with Crippen LogP contribution in [-0.4, -0.2) is 0 Å². The van der Waals surface area contributed by atoms with Crippen molar-refractivity contribution in [2.45, 2.75) is 20.8 Å². The minimum Gasteiger partial charge on any atom is -0.206 e. The maximum absolute atomic E-state index is 13.3. The first-order valence-electron chi connectivity index (χ1n) is 4.72. The van der Waals surface area contributed by atoms with Crippen molar-refractivity contribution in [3.05, 3.63) is 51.3 Å². The van der Waals surface area contributed by atoms with Gasteiger partial charge in [-0.15, -0.1) is 0 Å². The molecule has 0 N–H and O–H groups in total. The summed E-state index contributed by atoms with van der Waals surface area (Å²) < 4.78 is 13.8. The van der Waals surface area contributed by atoms with Crippen molar-refractivity contribution in [1.82, 2.24) is 0 Å². The second kappa shape index (κ2) is 4.75. The van der Waals surface area contributed by atoms with Crippen molar-refractivity contribution in [2.75, 3.05) is 0 Å². The van der Waals surface area contributed by atoms with Crippen molar-refractivity contribution in [3.63, 3.8) is 0 Å². The number of halogens is 2. The van der Waals surface area contributed by atoms with Crippen LogP contribution in [0.1, 0.15) is 25.0 Å². The lowest BCUT2D eigenvalue weighted by molar-refractivity contribution is 0.620. The van der Waals surface area contributed by atoms with Crippen LogP contribution in [0.5, 0.6) is 0 Å². The minimum absolute atomic E-state index is 0.235. The Morgan fingerprint density at radius 3 is 2.53 bits per heavy atom. The van der Waals surface area contributed by atoms with Gasteiger partial charge in [0.05, 0.1) is 4.47 Å². The predicted octanol–water partition coefficient (Wildman–Crippen LogP) is 4.88. The second-order valence-corrected chi connectivity index (χ2v) is 4.49. The molecule has 80 valence electrons. The largest absolute Gasteiger partial charge is 0.206 e. The summed E-state index contributed by atoms with van der Waals surface area (Å²) in [5.74, 6) is -0.235. The van der Waals surface area contributed by atoms with Crippen molar-refractivity contribution in [1.29, 1.82) is 0 Å². The molecule has 0 nitrogen and oxygen atoms in total. The number of aryl methyl sites for hydroxylation is 1. The van der Waals surface area contributed by atoms with E-state index in [1.54, 1.807) is 6.07 Å². The van der Waals surface area contributed by atoms with Gasteiger partial charge < -0.3 is 0 Å². The Labute approximate surface area is 98.6 Å². The van der Waals surface area contributed by atoms with E-state index < -0.39 is 0 Å². The summed E-state index contributed by atoms with van der Waals surface area (Å²) in [5, 5.41) is 0. The van der Waals surface area contributed by atoms with Crippen LogP contribution < -0.4 is 0 Å². The summed E-state index contributed by atoms with van der Waals surface area (Å²) in [5.41, 5.74) is 3.98. The maximum Gasteiger partial charge on any atom is 0.138 e. The fourth-order valence-electron chi connectivity index (χ4n) is 1.18. The van der Waals surface area contributed by atoms with Crippen molar-refractivity contribution < 1.29 is 4.39 Å². The smallest absolute Gasteiger partial charge is 0.138 e. The molecule has 0 aliphatic heterocycles. The average Bonchev–Trinajstić information content (AvgIpc) is 2.18. The molecule has 0 aliphatic rings. The molecule has 0 aromatic heterocycles. The molecule has 0 heterocycles. The molecule has 2 heteroatoms. The predicted molar refractivity (Wildman–Crippen MR) is 67.3 cm³/mol. The summed E-state index contributed by atoms with van der Waals surface area (Å²) in [4.78, 5) is 0. The van der Waals surface area contributed by atoms with Gasteiger partial charge in [-0.1, -0.05) is 24.3 Å². The van der Waals surface area contributed by atoms with Gasteiger partial charge in [-0.25, -0.2) is 4.39 Å². The standard InChI is InChI=1S/C13H14BrF/c1-8(2)10(4)7-11-9(3)5-6-12(15)13(11)14/h5-7H,1H2,2-4H3/b10-7+. The van der Waals surface area contributed by atoms with Gasteiger partial charge in [0.1, 0.15) is 5.82 Å². The molecule has 0 atom stereocenters. The number of rotatable bonds is 2. The molecule has 1 aromatic carbocycles. The van der Waals surface area contributed by atoms with Crippen molar-refractivity contribution >= 4 is 22.0 Å². The van der Waals surface area contributed by atoms with E-state index in [4.69, 9.17) is 0 Å². The fourth-order valence-corrected chi connectivity index (χ4v) is 1.74. The van der Waals surface area contributed by atoms with E-state index in [1.165, 1.54) is 6.07 Å². The lowest BCUT2D eigenvalue weighted by Crippen LogP contribution is -1.89. The molecule has 1 aromatic rings. The molecule has 0 radical (unpaired) electrons. The third-order valence-corrected chi connectivity index (χ3v) is 3.19. The molecule has 0 spiro atoms. The van der Waals surface area contributed by atoms with E-state index in [1.807, 2.05) is 26.8 Å². The highest BCUT2D eigenvalue weighted by Crippen LogP contribution is 2.27. The molecule has 0 bridgehead atoms. The van der Waals surface area contributed by atoms with Crippen LogP contribution in [0.2, 0.25) is 0 Å². The topological polar surface area (TPSA) is 0 Å². The van der Waals surface area contributed by atoms with E-state index in [0.29, 0.717) is 4.47 Å². The highest BCUT2D eigenvalue weighted by molar-refractivity contribution is 9.10. The number of allylic oxidation sites excluding steroid dienone is 2. The minimum atomic E-state index is -0.235.